The fourth-order valence-corrected chi connectivity index (χ4v) is 1.46. The van der Waals surface area contributed by atoms with Gasteiger partial charge in [-0.25, -0.2) is 0 Å². The van der Waals surface area contributed by atoms with Crippen LogP contribution >= 0.6 is 0 Å². The zero-order valence-corrected chi connectivity index (χ0v) is 6.03. The molecule has 1 radical (unpaired) electrons. The predicted molar refractivity (Wildman–Crippen MR) is 37.5 cm³/mol. The van der Waals surface area contributed by atoms with Crippen molar-refractivity contribution in [2.75, 3.05) is 19.8 Å². The lowest BCUT2D eigenvalue weighted by Gasteiger charge is -2.14. The number of hydrogen-bond donors (Lipinski definition) is 1. The Balaban J connectivity index is 1.81. The normalized spacial score (nSPS) is 29.7. The first kappa shape index (κ1) is 6.58. The summed E-state index contributed by atoms with van der Waals surface area (Å²) in [5.74, 6) is 0. The smallest absolute Gasteiger partial charge is 0.148 e. The van der Waals surface area contributed by atoms with Crippen LogP contribution in [0.15, 0.2) is 0 Å². The molecule has 3 nitrogen and oxygen atoms in total. The predicted octanol–water partition coefficient (Wildman–Crippen LogP) is 0.216. The van der Waals surface area contributed by atoms with E-state index >= 15 is 0 Å². The first-order valence-corrected chi connectivity index (χ1v) is 3.86. The summed E-state index contributed by atoms with van der Waals surface area (Å²) in [7, 11) is 0. The van der Waals surface area contributed by atoms with Gasteiger partial charge in [0.05, 0.1) is 6.67 Å². The molecule has 1 heterocycles. The van der Waals surface area contributed by atoms with Crippen molar-refractivity contribution in [2.24, 2.45) is 0 Å². The van der Waals surface area contributed by atoms with E-state index in [1.54, 1.807) is 0 Å². The van der Waals surface area contributed by atoms with Gasteiger partial charge in [0.1, 0.15) is 6.73 Å². The molecule has 0 amide bonds. The highest BCUT2D eigenvalue weighted by Gasteiger charge is 2.32. The number of aliphatic hydroxyl groups excluding tert-OH is 1. The fourth-order valence-electron chi connectivity index (χ4n) is 1.46. The van der Waals surface area contributed by atoms with Crippen molar-refractivity contribution < 1.29 is 5.11 Å². The molecule has 2 fully saturated rings. The van der Waals surface area contributed by atoms with Gasteiger partial charge < -0.3 is 5.11 Å². The van der Waals surface area contributed by atoms with E-state index in [0.717, 1.165) is 25.8 Å². The lowest BCUT2D eigenvalue weighted by molar-refractivity contribution is 0.181. The molecular formula is C7H13N2O. The van der Waals surface area contributed by atoms with Crippen LogP contribution in [-0.2, 0) is 0 Å². The highest BCUT2D eigenvalue weighted by Crippen LogP contribution is 2.28. The molecule has 0 atom stereocenters. The Bertz CT molecular complexity index is 125. The van der Waals surface area contributed by atoms with Gasteiger partial charge in [-0.05, 0) is 12.8 Å². The Hall–Kier alpha value is -0.120. The van der Waals surface area contributed by atoms with Crippen molar-refractivity contribution >= 4 is 0 Å². The number of nitrogens with zero attached hydrogens (tertiary/aromatic N) is 2. The standard InChI is InChI=1S/C7H13N2O/c10-6-8-3-4-9(5-8)7-1-2-7/h6-7,10H,1-5H2. The Morgan fingerprint density at radius 1 is 1.30 bits per heavy atom. The number of hydrogen-bond acceptors (Lipinski definition) is 3. The highest BCUT2D eigenvalue weighted by molar-refractivity contribution is 4.87. The first-order chi connectivity index (χ1) is 4.90. The summed E-state index contributed by atoms with van der Waals surface area (Å²) in [5.41, 5.74) is 0. The minimum atomic E-state index is 0.838. The lowest BCUT2D eigenvalue weighted by atomic mass is 10.5. The molecule has 0 bridgehead atoms. The van der Waals surface area contributed by atoms with Crippen LogP contribution in [0.4, 0.5) is 0 Å². The topological polar surface area (TPSA) is 26.7 Å². The van der Waals surface area contributed by atoms with E-state index in [1.807, 2.05) is 4.90 Å². The van der Waals surface area contributed by atoms with Crippen molar-refractivity contribution in [3.05, 3.63) is 6.73 Å². The minimum absolute atomic E-state index is 0.838. The molecule has 1 N–H and O–H groups in total. The van der Waals surface area contributed by atoms with Gasteiger partial charge in [0.2, 0.25) is 0 Å². The molecule has 57 valence electrons. The van der Waals surface area contributed by atoms with Crippen LogP contribution in [0.1, 0.15) is 12.8 Å². The third-order valence-electron chi connectivity index (χ3n) is 2.26. The molecule has 0 unspecified atom stereocenters. The second-order valence-corrected chi connectivity index (χ2v) is 3.11. The number of rotatable bonds is 2. The van der Waals surface area contributed by atoms with E-state index < -0.39 is 0 Å². The maximum Gasteiger partial charge on any atom is 0.148 e. The second kappa shape index (κ2) is 2.49. The molecule has 0 spiro atoms. The lowest BCUT2D eigenvalue weighted by Crippen LogP contribution is -2.25. The molecule has 0 aromatic carbocycles. The molecule has 1 saturated heterocycles. The van der Waals surface area contributed by atoms with Crippen molar-refractivity contribution in [1.82, 2.24) is 9.80 Å². The Morgan fingerprint density at radius 2 is 2.10 bits per heavy atom. The van der Waals surface area contributed by atoms with Crippen LogP contribution in [0.3, 0.4) is 0 Å². The summed E-state index contributed by atoms with van der Waals surface area (Å²) in [6.45, 7) is 4.25. The SMILES string of the molecule is O[CH]N1CCN(C2CC2)C1. The highest BCUT2D eigenvalue weighted by atomic mass is 16.3. The Morgan fingerprint density at radius 3 is 2.60 bits per heavy atom. The van der Waals surface area contributed by atoms with E-state index in [4.69, 9.17) is 5.11 Å². The van der Waals surface area contributed by atoms with Crippen LogP contribution in [-0.4, -0.2) is 40.7 Å². The maximum absolute atomic E-state index is 8.66. The summed E-state index contributed by atoms with van der Waals surface area (Å²) < 4.78 is 0. The summed E-state index contributed by atoms with van der Waals surface area (Å²) >= 11 is 0. The first-order valence-electron chi connectivity index (χ1n) is 3.86. The van der Waals surface area contributed by atoms with Crippen LogP contribution in [0, 0.1) is 6.73 Å². The van der Waals surface area contributed by atoms with Crippen LogP contribution in [0.2, 0.25) is 0 Å². The number of aliphatic hydroxyl groups is 1. The van der Waals surface area contributed by atoms with E-state index in [2.05, 4.69) is 4.90 Å². The summed E-state index contributed by atoms with van der Waals surface area (Å²) in [6.07, 6.45) is 2.72. The maximum atomic E-state index is 8.66. The van der Waals surface area contributed by atoms with Gasteiger partial charge in [-0.2, -0.15) is 0 Å². The quantitative estimate of drug-likeness (QED) is 0.595. The molecule has 1 aliphatic heterocycles. The molecular weight excluding hydrogens is 128 g/mol. The molecule has 3 heteroatoms. The minimum Gasteiger partial charge on any atom is -0.374 e. The van der Waals surface area contributed by atoms with Crippen LogP contribution in [0.5, 0.6) is 0 Å². The molecule has 2 rings (SSSR count). The molecule has 0 aromatic rings. The van der Waals surface area contributed by atoms with E-state index in [1.165, 1.54) is 19.6 Å². The van der Waals surface area contributed by atoms with Gasteiger partial charge in [0, 0.05) is 19.1 Å². The Kier molecular flexibility index (Phi) is 1.64. The van der Waals surface area contributed by atoms with Crippen LogP contribution in [0.25, 0.3) is 0 Å². The molecule has 0 aromatic heterocycles. The van der Waals surface area contributed by atoms with Crippen molar-refractivity contribution in [2.45, 2.75) is 18.9 Å². The van der Waals surface area contributed by atoms with Gasteiger partial charge in [0.25, 0.3) is 0 Å². The largest absolute Gasteiger partial charge is 0.374 e. The second-order valence-electron chi connectivity index (χ2n) is 3.11. The van der Waals surface area contributed by atoms with Gasteiger partial charge >= 0.3 is 0 Å². The molecule has 2 aliphatic rings. The van der Waals surface area contributed by atoms with Crippen molar-refractivity contribution in [1.29, 1.82) is 0 Å². The average molecular weight is 141 g/mol. The third kappa shape index (κ3) is 1.17. The fraction of sp³-hybridized carbons (Fsp3) is 0.857. The van der Waals surface area contributed by atoms with Gasteiger partial charge in [-0.1, -0.05) is 0 Å². The average Bonchev–Trinajstić information content (AvgIpc) is 2.70. The van der Waals surface area contributed by atoms with Gasteiger partial charge in [-0.3, -0.25) is 9.80 Å². The molecule has 10 heavy (non-hydrogen) atoms. The van der Waals surface area contributed by atoms with Crippen molar-refractivity contribution in [3.63, 3.8) is 0 Å². The molecule has 1 saturated carbocycles. The third-order valence-corrected chi connectivity index (χ3v) is 2.26. The van der Waals surface area contributed by atoms with Gasteiger partial charge in [0.15, 0.2) is 0 Å². The summed E-state index contributed by atoms with van der Waals surface area (Å²) in [4.78, 5) is 4.37. The summed E-state index contributed by atoms with van der Waals surface area (Å²) in [5, 5.41) is 8.66. The van der Waals surface area contributed by atoms with Crippen molar-refractivity contribution in [3.8, 4) is 0 Å². The summed E-state index contributed by atoms with van der Waals surface area (Å²) in [6, 6.07) is 0.838. The van der Waals surface area contributed by atoms with E-state index in [0.29, 0.717) is 0 Å². The van der Waals surface area contributed by atoms with E-state index in [-0.39, 0.29) is 0 Å². The zero-order chi connectivity index (χ0) is 6.97. The van der Waals surface area contributed by atoms with Crippen LogP contribution < -0.4 is 0 Å². The van der Waals surface area contributed by atoms with Gasteiger partial charge in [-0.15, -0.1) is 0 Å². The zero-order valence-electron chi connectivity index (χ0n) is 6.03. The molecule has 1 aliphatic carbocycles. The monoisotopic (exact) mass is 141 g/mol. The Labute approximate surface area is 61.2 Å². The van der Waals surface area contributed by atoms with E-state index in [9.17, 15) is 0 Å².